The van der Waals surface area contributed by atoms with Crippen molar-refractivity contribution >= 4 is 17.2 Å². The summed E-state index contributed by atoms with van der Waals surface area (Å²) in [5.74, 6) is 0.774. The highest BCUT2D eigenvalue weighted by molar-refractivity contribution is 7.18. The fourth-order valence-electron chi connectivity index (χ4n) is 3.57. The zero-order valence-corrected chi connectivity index (χ0v) is 16.5. The largest absolute Gasteiger partial charge is 0.368 e. The third-order valence-corrected chi connectivity index (χ3v) is 6.33. The van der Waals surface area contributed by atoms with E-state index >= 15 is 0 Å². The van der Waals surface area contributed by atoms with Crippen molar-refractivity contribution in [2.75, 3.05) is 11.9 Å². The molecule has 1 aliphatic rings. The molecule has 3 N–H and O–H groups in total. The zero-order chi connectivity index (χ0) is 20.6. The molecule has 5 rings (SSSR count). The van der Waals surface area contributed by atoms with Gasteiger partial charge in [0, 0.05) is 24.4 Å². The molecule has 11 heteroatoms. The Bertz CT molecular complexity index is 1230. The van der Waals surface area contributed by atoms with Gasteiger partial charge in [-0.1, -0.05) is 6.42 Å². The van der Waals surface area contributed by atoms with E-state index in [9.17, 15) is 9.18 Å². The lowest BCUT2D eigenvalue weighted by atomic mass is 9.66. The fraction of sp³-hybridized carbons (Fsp3) is 0.263. The average molecular weight is 424 g/mol. The SMILES string of the molecule is O=c1[nH]nc(-c2cnc(-c3ccc(NCC4(c5ncccc5F)CCC4)nn3)s2)[nH]1. The molecule has 1 aliphatic carbocycles. The number of aromatic amines is 2. The van der Waals surface area contributed by atoms with E-state index in [0.717, 1.165) is 24.1 Å². The van der Waals surface area contributed by atoms with Gasteiger partial charge in [-0.05, 0) is 37.1 Å². The summed E-state index contributed by atoms with van der Waals surface area (Å²) in [6, 6.07) is 6.70. The Morgan fingerprint density at radius 2 is 2.10 bits per heavy atom. The van der Waals surface area contributed by atoms with Crippen LogP contribution < -0.4 is 11.0 Å². The number of anilines is 1. The highest BCUT2D eigenvalue weighted by Crippen LogP contribution is 2.43. The van der Waals surface area contributed by atoms with Crippen LogP contribution in [-0.4, -0.2) is 41.9 Å². The second-order valence-electron chi connectivity index (χ2n) is 7.18. The predicted molar refractivity (Wildman–Crippen MR) is 110 cm³/mol. The molecule has 1 saturated carbocycles. The molecule has 0 amide bonds. The number of H-pyrrole nitrogens is 2. The van der Waals surface area contributed by atoms with E-state index < -0.39 is 0 Å². The Kier molecular flexibility index (Phi) is 4.58. The van der Waals surface area contributed by atoms with E-state index in [1.165, 1.54) is 17.4 Å². The summed E-state index contributed by atoms with van der Waals surface area (Å²) in [6.07, 6.45) is 6.08. The fourth-order valence-corrected chi connectivity index (χ4v) is 4.39. The molecule has 152 valence electrons. The molecular weight excluding hydrogens is 407 g/mol. The van der Waals surface area contributed by atoms with Crippen LogP contribution in [0, 0.1) is 5.82 Å². The molecule has 9 nitrogen and oxygen atoms in total. The van der Waals surface area contributed by atoms with Crippen LogP contribution in [0.1, 0.15) is 25.0 Å². The smallest absolute Gasteiger partial charge is 0.340 e. The van der Waals surface area contributed by atoms with Crippen molar-refractivity contribution < 1.29 is 4.39 Å². The minimum Gasteiger partial charge on any atom is -0.368 e. The first-order valence-corrected chi connectivity index (χ1v) is 10.2. The lowest BCUT2D eigenvalue weighted by Gasteiger charge is -2.41. The van der Waals surface area contributed by atoms with Gasteiger partial charge in [-0.25, -0.2) is 19.3 Å². The molecule has 0 bridgehead atoms. The van der Waals surface area contributed by atoms with Crippen molar-refractivity contribution in [2.45, 2.75) is 24.7 Å². The summed E-state index contributed by atoms with van der Waals surface area (Å²) < 4.78 is 14.2. The summed E-state index contributed by atoms with van der Waals surface area (Å²) in [5.41, 5.74) is 0.449. The molecule has 0 radical (unpaired) electrons. The number of hydrogen-bond donors (Lipinski definition) is 3. The van der Waals surface area contributed by atoms with Crippen LogP contribution in [0.3, 0.4) is 0 Å². The van der Waals surface area contributed by atoms with Gasteiger partial charge in [0.05, 0.1) is 10.6 Å². The Labute approximate surface area is 173 Å². The molecule has 0 aromatic carbocycles. The van der Waals surface area contributed by atoms with Gasteiger partial charge in [0.15, 0.2) is 5.82 Å². The summed E-state index contributed by atoms with van der Waals surface area (Å²) in [6.45, 7) is 0.545. The van der Waals surface area contributed by atoms with Gasteiger partial charge in [-0.3, -0.25) is 9.97 Å². The number of rotatable bonds is 6. The minimum atomic E-state index is -0.370. The van der Waals surface area contributed by atoms with Crippen molar-refractivity contribution in [2.24, 2.45) is 0 Å². The monoisotopic (exact) mass is 424 g/mol. The molecular formula is C19H17FN8OS. The predicted octanol–water partition coefficient (Wildman–Crippen LogP) is 2.75. The normalized spacial score (nSPS) is 15.0. The van der Waals surface area contributed by atoms with Crippen LogP contribution in [0.4, 0.5) is 10.2 Å². The van der Waals surface area contributed by atoms with Crippen LogP contribution in [0.15, 0.2) is 41.5 Å². The van der Waals surface area contributed by atoms with Gasteiger partial charge >= 0.3 is 5.69 Å². The number of aromatic nitrogens is 7. The summed E-state index contributed by atoms with van der Waals surface area (Å²) in [7, 11) is 0. The van der Waals surface area contributed by atoms with E-state index in [-0.39, 0.29) is 16.9 Å². The molecule has 0 spiro atoms. The highest BCUT2D eigenvalue weighted by atomic mass is 32.1. The van der Waals surface area contributed by atoms with Crippen LogP contribution in [0.25, 0.3) is 21.4 Å². The van der Waals surface area contributed by atoms with Gasteiger partial charge in [-0.15, -0.1) is 21.5 Å². The maximum absolute atomic E-state index is 14.2. The third-order valence-electron chi connectivity index (χ3n) is 5.30. The van der Waals surface area contributed by atoms with Crippen LogP contribution in [-0.2, 0) is 5.41 Å². The lowest BCUT2D eigenvalue weighted by molar-refractivity contribution is 0.243. The second-order valence-corrected chi connectivity index (χ2v) is 8.21. The molecule has 1 fully saturated rings. The average Bonchev–Trinajstić information content (AvgIpc) is 3.38. The number of thiazole rings is 1. The zero-order valence-electron chi connectivity index (χ0n) is 15.7. The van der Waals surface area contributed by atoms with Gasteiger partial charge in [-0.2, -0.15) is 5.10 Å². The maximum Gasteiger partial charge on any atom is 0.340 e. The highest BCUT2D eigenvalue weighted by Gasteiger charge is 2.41. The van der Waals surface area contributed by atoms with Crippen molar-refractivity contribution in [3.8, 4) is 21.4 Å². The van der Waals surface area contributed by atoms with Crippen molar-refractivity contribution in [3.63, 3.8) is 0 Å². The van der Waals surface area contributed by atoms with Crippen molar-refractivity contribution in [1.29, 1.82) is 0 Å². The molecule has 0 atom stereocenters. The molecule has 0 unspecified atom stereocenters. The molecule has 4 aromatic heterocycles. The number of hydrogen-bond acceptors (Lipinski definition) is 8. The molecule has 0 aliphatic heterocycles. The first kappa shape index (κ1) is 18.6. The standard InChI is InChI=1S/C19H17FN8OS/c20-11-3-1-8-21-15(11)19(6-2-7-19)10-23-14-5-4-12(25-26-14)17-22-9-13(30-17)16-24-18(29)28-27-16/h1,3-5,8-9H,2,6-7,10H2,(H,23,26)(H2,24,27,28,29). The lowest BCUT2D eigenvalue weighted by Crippen LogP contribution is -2.42. The van der Waals surface area contributed by atoms with Gasteiger partial charge in [0.1, 0.15) is 22.3 Å². The van der Waals surface area contributed by atoms with E-state index in [4.69, 9.17) is 0 Å². The topological polar surface area (TPSA) is 125 Å². The van der Waals surface area contributed by atoms with Gasteiger partial charge in [0.25, 0.3) is 0 Å². The molecule has 0 saturated heterocycles. The number of nitrogens with zero attached hydrogens (tertiary/aromatic N) is 5. The number of pyridine rings is 1. The second kappa shape index (κ2) is 7.41. The van der Waals surface area contributed by atoms with Gasteiger partial charge < -0.3 is 5.32 Å². The van der Waals surface area contributed by atoms with Crippen molar-refractivity contribution in [1.82, 2.24) is 35.3 Å². The van der Waals surface area contributed by atoms with Crippen LogP contribution in [0.2, 0.25) is 0 Å². The summed E-state index contributed by atoms with van der Waals surface area (Å²) in [4.78, 5) is 23.1. The van der Waals surface area contributed by atoms with E-state index in [1.54, 1.807) is 18.5 Å². The Morgan fingerprint density at radius 1 is 1.20 bits per heavy atom. The summed E-state index contributed by atoms with van der Waals surface area (Å²) >= 11 is 1.35. The Balaban J connectivity index is 1.29. The quantitative estimate of drug-likeness (QED) is 0.435. The van der Waals surface area contributed by atoms with E-state index in [0.29, 0.717) is 34.6 Å². The molecule has 30 heavy (non-hydrogen) atoms. The summed E-state index contributed by atoms with van der Waals surface area (Å²) in [5, 5.41) is 18.6. The molecule has 4 aromatic rings. The maximum atomic E-state index is 14.2. The third kappa shape index (κ3) is 3.36. The van der Waals surface area contributed by atoms with Crippen molar-refractivity contribution in [3.05, 3.63) is 58.7 Å². The van der Waals surface area contributed by atoms with Gasteiger partial charge in [0.2, 0.25) is 0 Å². The minimum absolute atomic E-state index is 0.265. The van der Waals surface area contributed by atoms with E-state index in [2.05, 4.69) is 40.7 Å². The van der Waals surface area contributed by atoms with Crippen LogP contribution >= 0.6 is 11.3 Å². The Morgan fingerprint density at radius 3 is 2.77 bits per heavy atom. The Hall–Kier alpha value is -3.47. The number of nitrogens with one attached hydrogen (secondary N) is 3. The first-order valence-electron chi connectivity index (χ1n) is 9.43. The number of halogens is 1. The van der Waals surface area contributed by atoms with Crippen LogP contribution in [0.5, 0.6) is 0 Å². The molecule has 4 heterocycles. The van der Waals surface area contributed by atoms with E-state index in [1.807, 2.05) is 12.1 Å². The first-order chi connectivity index (χ1) is 14.6.